The van der Waals surface area contributed by atoms with Gasteiger partial charge < -0.3 is 4.90 Å². The molecule has 0 bridgehead atoms. The van der Waals surface area contributed by atoms with Crippen molar-refractivity contribution in [2.75, 3.05) is 25.5 Å². The predicted octanol–water partition coefficient (Wildman–Crippen LogP) is 5.38. The van der Waals surface area contributed by atoms with E-state index in [0.29, 0.717) is 24.1 Å². The van der Waals surface area contributed by atoms with Crippen molar-refractivity contribution < 1.29 is 9.59 Å². The molecule has 0 spiro atoms. The number of imide groups is 1. The Kier molecular flexibility index (Phi) is 5.52. The van der Waals surface area contributed by atoms with Crippen LogP contribution in [0.5, 0.6) is 0 Å². The molecule has 0 N–H and O–H groups in total. The number of hydrogen-bond acceptors (Lipinski definition) is 5. The normalized spacial score (nSPS) is 12.8. The summed E-state index contributed by atoms with van der Waals surface area (Å²) in [6.07, 6.45) is 4.05. The first-order valence-electron chi connectivity index (χ1n) is 10.8. The minimum absolute atomic E-state index is 0.219. The summed E-state index contributed by atoms with van der Waals surface area (Å²) in [7, 11) is 4.05. The molecule has 0 saturated carbocycles. The van der Waals surface area contributed by atoms with E-state index in [0.717, 1.165) is 32.1 Å². The number of hydrogen-bond donors (Lipinski definition) is 0. The lowest BCUT2D eigenvalue weighted by molar-refractivity contribution is 0.0656. The summed E-state index contributed by atoms with van der Waals surface area (Å²) >= 11 is 1.68. The zero-order valence-corrected chi connectivity index (χ0v) is 19.3. The SMILES string of the molecule is CN(C)c1ccc(-c2ccc(-c3ccc4c(c3)C(=O)N(CCc3ccncc3)C4=O)s2)cc1. The van der Waals surface area contributed by atoms with Gasteiger partial charge in [-0.15, -0.1) is 11.3 Å². The molecule has 0 radical (unpaired) electrons. The number of fused-ring (bicyclic) bond motifs is 1. The summed E-state index contributed by atoms with van der Waals surface area (Å²) in [6, 6.07) is 22.0. The van der Waals surface area contributed by atoms with E-state index >= 15 is 0 Å². The molecule has 0 aliphatic carbocycles. The molecule has 2 aromatic carbocycles. The molecule has 0 atom stereocenters. The molecule has 164 valence electrons. The maximum absolute atomic E-state index is 13.0. The first-order chi connectivity index (χ1) is 16.0. The molecule has 0 saturated heterocycles. The van der Waals surface area contributed by atoms with E-state index in [1.165, 1.54) is 4.90 Å². The van der Waals surface area contributed by atoms with Crippen LogP contribution in [-0.4, -0.2) is 42.3 Å². The minimum Gasteiger partial charge on any atom is -0.378 e. The molecule has 5 rings (SSSR count). The molecule has 2 aromatic heterocycles. The van der Waals surface area contributed by atoms with Crippen LogP contribution in [0.3, 0.4) is 0 Å². The zero-order valence-electron chi connectivity index (χ0n) is 18.5. The lowest BCUT2D eigenvalue weighted by Crippen LogP contribution is -2.31. The van der Waals surface area contributed by atoms with E-state index < -0.39 is 0 Å². The molecule has 2 amide bonds. The fourth-order valence-corrected chi connectivity index (χ4v) is 5.02. The standard InChI is InChI=1S/C27H23N3O2S/c1-29(2)21-6-3-19(4-7-21)24-9-10-25(33-24)20-5-8-22-23(17-20)27(32)30(26(22)31)16-13-18-11-14-28-15-12-18/h3-12,14-15,17H,13,16H2,1-2H3. The Labute approximate surface area is 196 Å². The van der Waals surface area contributed by atoms with E-state index in [2.05, 4.69) is 46.3 Å². The van der Waals surface area contributed by atoms with Gasteiger partial charge in [0.2, 0.25) is 0 Å². The summed E-state index contributed by atoms with van der Waals surface area (Å²) < 4.78 is 0. The number of carbonyl (C=O) groups excluding carboxylic acids is 2. The summed E-state index contributed by atoms with van der Waals surface area (Å²) in [5.41, 5.74) is 5.28. The molecule has 3 heterocycles. The van der Waals surface area contributed by atoms with E-state index in [4.69, 9.17) is 0 Å². The fraction of sp³-hybridized carbons (Fsp3) is 0.148. The number of carbonyl (C=O) groups is 2. The minimum atomic E-state index is -0.220. The van der Waals surface area contributed by atoms with Crippen molar-refractivity contribution in [1.29, 1.82) is 0 Å². The molecule has 0 fully saturated rings. The molecule has 1 aliphatic heterocycles. The van der Waals surface area contributed by atoms with Crippen LogP contribution in [0.1, 0.15) is 26.3 Å². The van der Waals surface area contributed by atoms with Gasteiger partial charge in [-0.2, -0.15) is 0 Å². The summed E-state index contributed by atoms with van der Waals surface area (Å²) in [4.78, 5) is 35.5. The Hall–Kier alpha value is -3.77. The Bertz CT molecular complexity index is 1330. The van der Waals surface area contributed by atoms with Gasteiger partial charge in [-0.1, -0.05) is 18.2 Å². The summed E-state index contributed by atoms with van der Waals surface area (Å²) in [6.45, 7) is 0.359. The first-order valence-corrected chi connectivity index (χ1v) is 11.6. The first kappa shape index (κ1) is 21.1. The molecule has 4 aromatic rings. The lowest BCUT2D eigenvalue weighted by Gasteiger charge is -2.13. The van der Waals surface area contributed by atoms with Crippen LogP contribution in [-0.2, 0) is 6.42 Å². The van der Waals surface area contributed by atoms with Crippen molar-refractivity contribution >= 4 is 28.8 Å². The van der Waals surface area contributed by atoms with Gasteiger partial charge in [0.1, 0.15) is 0 Å². The Balaban J connectivity index is 1.36. The molecule has 33 heavy (non-hydrogen) atoms. The van der Waals surface area contributed by atoms with Crippen LogP contribution in [0.4, 0.5) is 5.69 Å². The van der Waals surface area contributed by atoms with Crippen LogP contribution in [0.25, 0.3) is 20.9 Å². The fourth-order valence-electron chi connectivity index (χ4n) is 4.01. The van der Waals surface area contributed by atoms with Crippen LogP contribution in [0, 0.1) is 0 Å². The summed E-state index contributed by atoms with van der Waals surface area (Å²) in [5, 5.41) is 0. The number of nitrogens with zero attached hydrogens (tertiary/aromatic N) is 3. The maximum atomic E-state index is 13.0. The second-order valence-electron chi connectivity index (χ2n) is 8.23. The van der Waals surface area contributed by atoms with E-state index in [1.54, 1.807) is 29.8 Å². The lowest BCUT2D eigenvalue weighted by atomic mass is 10.0. The number of amides is 2. The van der Waals surface area contributed by atoms with Gasteiger partial charge in [0, 0.05) is 48.5 Å². The van der Waals surface area contributed by atoms with Crippen molar-refractivity contribution in [3.63, 3.8) is 0 Å². The van der Waals surface area contributed by atoms with Crippen LogP contribution < -0.4 is 4.90 Å². The average Bonchev–Trinajstić information content (AvgIpc) is 3.42. The monoisotopic (exact) mass is 453 g/mol. The number of thiophene rings is 1. The van der Waals surface area contributed by atoms with E-state index in [-0.39, 0.29) is 11.8 Å². The predicted molar refractivity (Wildman–Crippen MR) is 133 cm³/mol. The zero-order chi connectivity index (χ0) is 22.9. The average molecular weight is 454 g/mol. The highest BCUT2D eigenvalue weighted by molar-refractivity contribution is 7.18. The highest BCUT2D eigenvalue weighted by atomic mass is 32.1. The third-order valence-electron chi connectivity index (χ3n) is 5.90. The molecule has 6 heteroatoms. The third-order valence-corrected chi connectivity index (χ3v) is 7.09. The van der Waals surface area contributed by atoms with Crippen LogP contribution in [0.2, 0.25) is 0 Å². The maximum Gasteiger partial charge on any atom is 0.261 e. The van der Waals surface area contributed by atoms with Crippen molar-refractivity contribution in [2.24, 2.45) is 0 Å². The van der Waals surface area contributed by atoms with Gasteiger partial charge in [-0.25, -0.2) is 0 Å². The second kappa shape index (κ2) is 8.64. The number of pyridine rings is 1. The molecule has 1 aliphatic rings. The third kappa shape index (κ3) is 4.05. The highest BCUT2D eigenvalue weighted by Gasteiger charge is 2.35. The number of anilines is 1. The largest absolute Gasteiger partial charge is 0.378 e. The van der Waals surface area contributed by atoms with Crippen molar-refractivity contribution in [3.8, 4) is 20.9 Å². The van der Waals surface area contributed by atoms with Crippen molar-refractivity contribution in [1.82, 2.24) is 9.88 Å². The van der Waals surface area contributed by atoms with Crippen molar-refractivity contribution in [3.05, 3.63) is 95.8 Å². The van der Waals surface area contributed by atoms with E-state index in [9.17, 15) is 9.59 Å². The van der Waals surface area contributed by atoms with Gasteiger partial charge in [-0.05, 0) is 71.6 Å². The number of aromatic nitrogens is 1. The van der Waals surface area contributed by atoms with Gasteiger partial charge in [0.15, 0.2) is 0 Å². The Morgan fingerprint density at radius 2 is 1.42 bits per heavy atom. The van der Waals surface area contributed by atoms with Crippen LogP contribution >= 0.6 is 11.3 Å². The quantitative estimate of drug-likeness (QED) is 0.368. The Morgan fingerprint density at radius 1 is 0.788 bits per heavy atom. The van der Waals surface area contributed by atoms with Gasteiger partial charge in [-0.3, -0.25) is 19.5 Å². The molecular formula is C27H23N3O2S. The van der Waals surface area contributed by atoms with Gasteiger partial charge in [0.05, 0.1) is 11.1 Å². The Morgan fingerprint density at radius 3 is 2.12 bits per heavy atom. The number of rotatable bonds is 6. The summed E-state index contributed by atoms with van der Waals surface area (Å²) in [5.74, 6) is -0.439. The highest BCUT2D eigenvalue weighted by Crippen LogP contribution is 2.37. The van der Waals surface area contributed by atoms with Gasteiger partial charge >= 0.3 is 0 Å². The van der Waals surface area contributed by atoms with E-state index in [1.807, 2.05) is 38.4 Å². The smallest absolute Gasteiger partial charge is 0.261 e. The molecule has 5 nitrogen and oxygen atoms in total. The molecule has 0 unspecified atom stereocenters. The van der Waals surface area contributed by atoms with Crippen molar-refractivity contribution in [2.45, 2.75) is 6.42 Å². The molecular weight excluding hydrogens is 430 g/mol. The van der Waals surface area contributed by atoms with Crippen LogP contribution in [0.15, 0.2) is 79.1 Å². The second-order valence-corrected chi connectivity index (χ2v) is 9.32. The topological polar surface area (TPSA) is 53.5 Å². The van der Waals surface area contributed by atoms with Gasteiger partial charge in [0.25, 0.3) is 11.8 Å². The number of benzene rings is 2.